The van der Waals surface area contributed by atoms with Crippen LogP contribution in [0.4, 0.5) is 10.2 Å². The average molecular weight is 501 g/mol. The van der Waals surface area contributed by atoms with Crippen molar-refractivity contribution in [3.8, 4) is 5.75 Å². The lowest BCUT2D eigenvalue weighted by Gasteiger charge is -2.58. The molecule has 2 aromatic rings. The van der Waals surface area contributed by atoms with Crippen molar-refractivity contribution in [1.82, 2.24) is 14.4 Å². The number of nitrogen functional groups attached to an aromatic ring is 1. The fraction of sp³-hybridized carbons (Fsp3) is 0.400. The Labute approximate surface area is 209 Å². The van der Waals surface area contributed by atoms with Crippen LogP contribution in [0.2, 0.25) is 5.02 Å². The Balaban J connectivity index is 1.30. The third-order valence-electron chi connectivity index (χ3n) is 6.50. The number of halogens is 2. The zero-order valence-corrected chi connectivity index (χ0v) is 20.6. The summed E-state index contributed by atoms with van der Waals surface area (Å²) < 4.78 is 21.6. The van der Waals surface area contributed by atoms with Gasteiger partial charge in [0, 0.05) is 62.5 Å². The van der Waals surface area contributed by atoms with E-state index in [1.54, 1.807) is 6.07 Å². The first kappa shape index (κ1) is 24.9. The second-order valence-electron chi connectivity index (χ2n) is 9.48. The molecule has 2 aliphatic rings. The van der Waals surface area contributed by atoms with Gasteiger partial charge in [0.15, 0.2) is 12.1 Å². The molecule has 0 unspecified atom stereocenters. The molecular weight excluding hydrogens is 471 g/mol. The number of benzene rings is 1. The molecule has 1 aliphatic heterocycles. The predicted octanol–water partition coefficient (Wildman–Crippen LogP) is 3.11. The smallest absolute Gasteiger partial charge is 0.165 e. The topological polar surface area (TPSA) is 99.9 Å². The van der Waals surface area contributed by atoms with Crippen molar-refractivity contribution in [2.45, 2.75) is 18.9 Å². The Morgan fingerprint density at radius 3 is 2.74 bits per heavy atom. The third kappa shape index (κ3) is 5.41. The van der Waals surface area contributed by atoms with Crippen LogP contribution >= 0.6 is 11.6 Å². The van der Waals surface area contributed by atoms with Gasteiger partial charge in [-0.15, -0.1) is 0 Å². The van der Waals surface area contributed by atoms with E-state index in [1.165, 1.54) is 10.6 Å². The summed E-state index contributed by atoms with van der Waals surface area (Å²) in [6.45, 7) is 3.14. The van der Waals surface area contributed by atoms with E-state index in [2.05, 4.69) is 9.89 Å². The molecule has 1 saturated heterocycles. The second-order valence-corrected chi connectivity index (χ2v) is 9.89. The molecule has 10 heteroatoms. The van der Waals surface area contributed by atoms with Crippen LogP contribution in [0.25, 0.3) is 6.08 Å². The average Bonchev–Trinajstić information content (AvgIpc) is 2.77. The maximum atomic E-state index is 14.1. The number of rotatable bonds is 9. The fourth-order valence-electron chi connectivity index (χ4n) is 4.79. The molecule has 1 aromatic heterocycles. The first-order valence-electron chi connectivity index (χ1n) is 11.4. The standard InChI is InChI=1S/C25H30ClFN6O2/c1-31(2)7-5-18-19(13-34)20(26)3-4-23(18)35-17-10-25(11-17)14-32(15-25)8-6-30-22-9-24(29)33(16-28)12-21(22)27/h3-5,7,9,12-13,16-17,28H,6,8,10-11,14-15,29H2,1-2H3/b7-5-,28-16?,30-22?. The minimum Gasteiger partial charge on any atom is -0.490 e. The summed E-state index contributed by atoms with van der Waals surface area (Å²) >= 11 is 6.22. The second kappa shape index (κ2) is 10.2. The number of carbonyl (C=O) groups excluding carboxylic acids is 1. The van der Waals surface area contributed by atoms with E-state index in [0.717, 1.165) is 51.3 Å². The van der Waals surface area contributed by atoms with Crippen LogP contribution in [0, 0.1) is 16.6 Å². The molecule has 0 bridgehead atoms. The summed E-state index contributed by atoms with van der Waals surface area (Å²) in [5, 5.41) is 7.83. The van der Waals surface area contributed by atoms with Crippen molar-refractivity contribution < 1.29 is 13.9 Å². The molecule has 0 atom stereocenters. The van der Waals surface area contributed by atoms with Crippen LogP contribution in [-0.2, 0) is 0 Å². The highest BCUT2D eigenvalue weighted by Gasteiger charge is 2.53. The van der Waals surface area contributed by atoms with E-state index in [4.69, 9.17) is 27.5 Å². The van der Waals surface area contributed by atoms with Crippen molar-refractivity contribution in [3.05, 3.63) is 57.9 Å². The van der Waals surface area contributed by atoms with Crippen molar-refractivity contribution in [3.63, 3.8) is 0 Å². The number of hydrogen-bond acceptors (Lipinski definition) is 7. The monoisotopic (exact) mass is 500 g/mol. The maximum Gasteiger partial charge on any atom is 0.165 e. The van der Waals surface area contributed by atoms with Gasteiger partial charge >= 0.3 is 0 Å². The van der Waals surface area contributed by atoms with Crippen LogP contribution < -0.4 is 15.8 Å². The van der Waals surface area contributed by atoms with E-state index in [1.807, 2.05) is 37.3 Å². The Morgan fingerprint density at radius 1 is 1.34 bits per heavy atom. The van der Waals surface area contributed by atoms with E-state index >= 15 is 0 Å². The lowest BCUT2D eigenvalue weighted by molar-refractivity contribution is -0.117. The Morgan fingerprint density at radius 2 is 2.09 bits per heavy atom. The van der Waals surface area contributed by atoms with Crippen molar-refractivity contribution >= 4 is 36.1 Å². The van der Waals surface area contributed by atoms with Gasteiger partial charge in [-0.3, -0.25) is 19.8 Å². The van der Waals surface area contributed by atoms with Gasteiger partial charge in [0.25, 0.3) is 0 Å². The summed E-state index contributed by atoms with van der Waals surface area (Å²) in [5.74, 6) is 0.435. The van der Waals surface area contributed by atoms with E-state index < -0.39 is 5.82 Å². The molecule has 8 nitrogen and oxygen atoms in total. The SMILES string of the molecule is CN(C)/C=C\c1c(OC2CC3(C2)CN(CCN=c2cc(N)n(C=N)cc2F)C3)ccc(Cl)c1C=O. The molecule has 0 radical (unpaired) electrons. The van der Waals surface area contributed by atoms with Crippen LogP contribution in [0.3, 0.4) is 0 Å². The number of aldehydes is 1. The van der Waals surface area contributed by atoms with Crippen LogP contribution in [0.15, 0.2) is 35.6 Å². The lowest BCUT2D eigenvalue weighted by Crippen LogP contribution is -2.64. The van der Waals surface area contributed by atoms with Crippen LogP contribution in [-0.4, -0.2) is 73.4 Å². The van der Waals surface area contributed by atoms with Gasteiger partial charge in [-0.1, -0.05) is 11.6 Å². The minimum atomic E-state index is -0.499. The zero-order chi connectivity index (χ0) is 25.2. The molecule has 0 amide bonds. The summed E-state index contributed by atoms with van der Waals surface area (Å²) in [7, 11) is 3.82. The molecule has 186 valence electrons. The number of nitrogens with two attached hydrogens (primary N) is 1. The largest absolute Gasteiger partial charge is 0.490 e. The molecule has 1 aromatic carbocycles. The lowest BCUT2D eigenvalue weighted by atomic mass is 9.62. The first-order chi connectivity index (χ1) is 16.7. The number of ether oxygens (including phenoxy) is 1. The molecular formula is C25H30ClFN6O2. The summed E-state index contributed by atoms with van der Waals surface area (Å²) in [5.41, 5.74) is 7.17. The number of nitrogens with one attached hydrogen (secondary N) is 1. The molecule has 2 fully saturated rings. The predicted molar refractivity (Wildman–Crippen MR) is 135 cm³/mol. The molecule has 1 spiro atoms. The van der Waals surface area contributed by atoms with E-state index in [-0.39, 0.29) is 22.7 Å². The van der Waals surface area contributed by atoms with Gasteiger partial charge < -0.3 is 20.3 Å². The Kier molecular flexibility index (Phi) is 7.28. The summed E-state index contributed by atoms with van der Waals surface area (Å²) in [6.07, 6.45) is 8.58. The van der Waals surface area contributed by atoms with Crippen LogP contribution in [0.1, 0.15) is 28.8 Å². The third-order valence-corrected chi connectivity index (χ3v) is 6.83. The van der Waals surface area contributed by atoms with E-state index in [9.17, 15) is 9.18 Å². The molecule has 3 N–H and O–H groups in total. The van der Waals surface area contributed by atoms with Crippen molar-refractivity contribution in [1.29, 1.82) is 5.41 Å². The van der Waals surface area contributed by atoms with Gasteiger partial charge in [-0.2, -0.15) is 0 Å². The van der Waals surface area contributed by atoms with Gasteiger partial charge in [-0.05, 0) is 37.3 Å². The zero-order valence-electron chi connectivity index (χ0n) is 19.9. The van der Waals surface area contributed by atoms with Gasteiger partial charge in [0.05, 0.1) is 29.4 Å². The van der Waals surface area contributed by atoms with Gasteiger partial charge in [0.1, 0.15) is 11.6 Å². The number of aromatic nitrogens is 1. The molecule has 1 saturated carbocycles. The molecule has 1 aliphatic carbocycles. The number of anilines is 1. The van der Waals surface area contributed by atoms with Crippen molar-refractivity contribution in [2.24, 2.45) is 10.4 Å². The Hall–Kier alpha value is -3.17. The normalized spacial score (nSPS) is 17.9. The highest BCUT2D eigenvalue weighted by molar-refractivity contribution is 6.33. The highest BCUT2D eigenvalue weighted by Crippen LogP contribution is 2.50. The summed E-state index contributed by atoms with van der Waals surface area (Å²) in [6, 6.07) is 4.97. The number of hydrogen-bond donors (Lipinski definition) is 2. The number of nitrogens with zero attached hydrogens (tertiary/aromatic N) is 4. The van der Waals surface area contributed by atoms with E-state index in [0.29, 0.717) is 28.4 Å². The van der Waals surface area contributed by atoms with Crippen LogP contribution in [0.5, 0.6) is 5.75 Å². The van der Waals surface area contributed by atoms with Gasteiger partial charge in [0.2, 0.25) is 0 Å². The molecule has 4 rings (SSSR count). The highest BCUT2D eigenvalue weighted by atomic mass is 35.5. The quantitative estimate of drug-likeness (QED) is 0.313. The van der Waals surface area contributed by atoms with Gasteiger partial charge in [-0.25, -0.2) is 4.39 Å². The Bertz CT molecular complexity index is 1210. The summed E-state index contributed by atoms with van der Waals surface area (Å²) in [4.78, 5) is 20.1. The number of carbonyl (C=O) groups is 1. The fourth-order valence-corrected chi connectivity index (χ4v) is 5.00. The number of pyridine rings is 1. The first-order valence-corrected chi connectivity index (χ1v) is 11.8. The number of likely N-dealkylation sites (tertiary alicyclic amines) is 1. The minimum absolute atomic E-state index is 0.0935. The molecule has 2 heterocycles. The van der Waals surface area contributed by atoms with Crippen molar-refractivity contribution in [2.75, 3.05) is 46.0 Å². The maximum absolute atomic E-state index is 14.1. The molecule has 35 heavy (non-hydrogen) atoms.